The fourth-order valence-corrected chi connectivity index (χ4v) is 2.46. The number of likely N-dealkylation sites (tertiary alicyclic amines) is 1. The van der Waals surface area contributed by atoms with Gasteiger partial charge in [-0.1, -0.05) is 36.3 Å². The fourth-order valence-electron chi connectivity index (χ4n) is 2.46. The molecule has 1 amide bonds. The van der Waals surface area contributed by atoms with E-state index in [0.717, 1.165) is 19.4 Å². The predicted molar refractivity (Wildman–Crippen MR) is 71.8 cm³/mol. The van der Waals surface area contributed by atoms with Crippen molar-refractivity contribution in [3.8, 4) is 12.3 Å². The van der Waals surface area contributed by atoms with Crippen LogP contribution >= 0.6 is 0 Å². The van der Waals surface area contributed by atoms with Gasteiger partial charge in [0.25, 0.3) is 0 Å². The molecule has 1 aromatic carbocycles. The second-order valence-electron chi connectivity index (χ2n) is 4.52. The Morgan fingerprint density at radius 2 is 2.22 bits per heavy atom. The summed E-state index contributed by atoms with van der Waals surface area (Å²) < 4.78 is 0. The summed E-state index contributed by atoms with van der Waals surface area (Å²) in [6.07, 6.45) is 7.38. The summed E-state index contributed by atoms with van der Waals surface area (Å²) >= 11 is 0. The Morgan fingerprint density at radius 1 is 1.44 bits per heavy atom. The van der Waals surface area contributed by atoms with Crippen LogP contribution in [0.25, 0.3) is 0 Å². The second kappa shape index (κ2) is 6.23. The maximum atomic E-state index is 11.7. The van der Waals surface area contributed by atoms with Crippen molar-refractivity contribution in [2.75, 3.05) is 19.6 Å². The van der Waals surface area contributed by atoms with Crippen molar-refractivity contribution in [2.24, 2.45) is 0 Å². The lowest BCUT2D eigenvalue weighted by Gasteiger charge is -2.24. The van der Waals surface area contributed by atoms with Gasteiger partial charge >= 0.3 is 0 Å². The first-order valence-electron chi connectivity index (χ1n) is 6.30. The van der Waals surface area contributed by atoms with Gasteiger partial charge in [0.05, 0.1) is 13.1 Å². The van der Waals surface area contributed by atoms with Gasteiger partial charge in [-0.3, -0.25) is 9.69 Å². The van der Waals surface area contributed by atoms with Gasteiger partial charge in [0, 0.05) is 6.04 Å². The van der Waals surface area contributed by atoms with Gasteiger partial charge in [-0.2, -0.15) is 0 Å². The van der Waals surface area contributed by atoms with E-state index in [-0.39, 0.29) is 5.91 Å². The first-order valence-corrected chi connectivity index (χ1v) is 6.30. The summed E-state index contributed by atoms with van der Waals surface area (Å²) in [5.74, 6) is 2.43. The number of carbonyl (C=O) groups is 1. The maximum Gasteiger partial charge on any atom is 0.234 e. The number of terminal acetylenes is 1. The number of benzene rings is 1. The summed E-state index contributed by atoms with van der Waals surface area (Å²) in [6.45, 7) is 1.72. The number of hydrogen-bond donors (Lipinski definition) is 1. The highest BCUT2D eigenvalue weighted by Crippen LogP contribution is 2.31. The smallest absolute Gasteiger partial charge is 0.234 e. The molecular weight excluding hydrogens is 224 g/mol. The van der Waals surface area contributed by atoms with Crippen LogP contribution in [0.5, 0.6) is 0 Å². The van der Waals surface area contributed by atoms with Gasteiger partial charge in [-0.05, 0) is 24.9 Å². The summed E-state index contributed by atoms with van der Waals surface area (Å²) in [5.41, 5.74) is 1.29. The van der Waals surface area contributed by atoms with Crippen LogP contribution in [0.4, 0.5) is 0 Å². The molecule has 0 aromatic heterocycles. The van der Waals surface area contributed by atoms with Crippen molar-refractivity contribution in [1.29, 1.82) is 0 Å². The first kappa shape index (κ1) is 12.7. The van der Waals surface area contributed by atoms with Crippen molar-refractivity contribution in [2.45, 2.75) is 18.9 Å². The Labute approximate surface area is 108 Å². The van der Waals surface area contributed by atoms with Crippen LogP contribution in [-0.4, -0.2) is 30.4 Å². The molecule has 1 aromatic rings. The molecule has 1 N–H and O–H groups in total. The Bertz CT molecular complexity index is 436. The van der Waals surface area contributed by atoms with E-state index in [1.165, 1.54) is 5.56 Å². The second-order valence-corrected chi connectivity index (χ2v) is 4.52. The van der Waals surface area contributed by atoms with E-state index >= 15 is 0 Å². The topological polar surface area (TPSA) is 32.3 Å². The predicted octanol–water partition coefficient (Wildman–Crippen LogP) is 1.57. The first-order chi connectivity index (χ1) is 8.81. The van der Waals surface area contributed by atoms with E-state index < -0.39 is 0 Å². The molecule has 2 rings (SSSR count). The molecule has 1 fully saturated rings. The number of carbonyl (C=O) groups excluding carboxylic acids is 1. The summed E-state index contributed by atoms with van der Waals surface area (Å²) in [7, 11) is 0. The summed E-state index contributed by atoms with van der Waals surface area (Å²) in [6, 6.07) is 10.7. The number of hydrogen-bond acceptors (Lipinski definition) is 2. The van der Waals surface area contributed by atoms with Crippen LogP contribution in [0.15, 0.2) is 30.3 Å². The third-order valence-electron chi connectivity index (χ3n) is 3.28. The number of nitrogens with one attached hydrogen (secondary N) is 1. The van der Waals surface area contributed by atoms with E-state index in [1.54, 1.807) is 0 Å². The fraction of sp³-hybridized carbons (Fsp3) is 0.400. The van der Waals surface area contributed by atoms with Crippen LogP contribution in [-0.2, 0) is 4.79 Å². The zero-order valence-corrected chi connectivity index (χ0v) is 10.4. The highest BCUT2D eigenvalue weighted by Gasteiger charge is 2.26. The third kappa shape index (κ3) is 3.12. The standard InChI is InChI=1S/C15H18N2O/c1-2-10-16-15(18)12-17-11-6-9-14(17)13-7-4-3-5-8-13/h1,3-5,7-8,14H,6,9-12H2,(H,16,18). The minimum Gasteiger partial charge on any atom is -0.344 e. The molecule has 0 radical (unpaired) electrons. The number of amides is 1. The SMILES string of the molecule is C#CCNC(=O)CN1CCCC1c1ccccc1. The van der Waals surface area contributed by atoms with Gasteiger partial charge < -0.3 is 5.32 Å². The minimum absolute atomic E-state index is 0.00998. The molecule has 0 aliphatic carbocycles. The highest BCUT2D eigenvalue weighted by atomic mass is 16.2. The van der Waals surface area contributed by atoms with E-state index in [2.05, 4.69) is 28.3 Å². The molecule has 1 unspecified atom stereocenters. The molecule has 3 nitrogen and oxygen atoms in total. The molecule has 0 spiro atoms. The Morgan fingerprint density at radius 3 is 2.94 bits per heavy atom. The van der Waals surface area contributed by atoms with Gasteiger partial charge in [-0.25, -0.2) is 0 Å². The lowest BCUT2D eigenvalue weighted by atomic mass is 10.0. The van der Waals surface area contributed by atoms with Gasteiger partial charge in [0.15, 0.2) is 0 Å². The van der Waals surface area contributed by atoms with Crippen molar-refractivity contribution >= 4 is 5.91 Å². The lowest BCUT2D eigenvalue weighted by Crippen LogP contribution is -2.37. The zero-order chi connectivity index (χ0) is 12.8. The number of nitrogens with zero attached hydrogens (tertiary/aromatic N) is 1. The van der Waals surface area contributed by atoms with Crippen molar-refractivity contribution in [3.63, 3.8) is 0 Å². The molecule has 1 aliphatic rings. The molecule has 0 saturated carbocycles. The quantitative estimate of drug-likeness (QED) is 0.813. The van der Waals surface area contributed by atoms with Crippen LogP contribution in [0, 0.1) is 12.3 Å². The van der Waals surface area contributed by atoms with Crippen LogP contribution in [0.1, 0.15) is 24.4 Å². The summed E-state index contributed by atoms with van der Waals surface area (Å²) in [4.78, 5) is 13.9. The van der Waals surface area contributed by atoms with Gasteiger partial charge in [0.2, 0.25) is 5.91 Å². The molecule has 18 heavy (non-hydrogen) atoms. The van der Waals surface area contributed by atoms with Crippen molar-refractivity contribution < 1.29 is 4.79 Å². The van der Waals surface area contributed by atoms with Crippen LogP contribution < -0.4 is 5.32 Å². The van der Waals surface area contributed by atoms with E-state index in [4.69, 9.17) is 6.42 Å². The number of rotatable bonds is 4. The monoisotopic (exact) mass is 242 g/mol. The normalized spacial score (nSPS) is 19.4. The van der Waals surface area contributed by atoms with E-state index in [1.807, 2.05) is 18.2 Å². The zero-order valence-electron chi connectivity index (χ0n) is 10.4. The molecule has 3 heteroatoms. The van der Waals surface area contributed by atoms with Gasteiger partial charge in [-0.15, -0.1) is 6.42 Å². The lowest BCUT2D eigenvalue weighted by molar-refractivity contribution is -0.122. The molecular formula is C15H18N2O. The minimum atomic E-state index is 0.00998. The molecule has 1 heterocycles. The highest BCUT2D eigenvalue weighted by molar-refractivity contribution is 5.78. The van der Waals surface area contributed by atoms with E-state index in [0.29, 0.717) is 19.1 Å². The molecule has 0 bridgehead atoms. The average Bonchev–Trinajstić information content (AvgIpc) is 2.85. The van der Waals surface area contributed by atoms with Crippen LogP contribution in [0.2, 0.25) is 0 Å². The van der Waals surface area contributed by atoms with E-state index in [9.17, 15) is 4.79 Å². The van der Waals surface area contributed by atoms with Gasteiger partial charge in [0.1, 0.15) is 0 Å². The Balaban J connectivity index is 1.96. The molecule has 1 aliphatic heterocycles. The molecule has 94 valence electrons. The summed E-state index contributed by atoms with van der Waals surface area (Å²) in [5, 5.41) is 2.71. The Hall–Kier alpha value is -1.79. The van der Waals surface area contributed by atoms with Crippen molar-refractivity contribution in [3.05, 3.63) is 35.9 Å². The third-order valence-corrected chi connectivity index (χ3v) is 3.28. The Kier molecular flexibility index (Phi) is 4.38. The largest absolute Gasteiger partial charge is 0.344 e. The average molecular weight is 242 g/mol. The molecule has 1 atom stereocenters. The van der Waals surface area contributed by atoms with Crippen LogP contribution in [0.3, 0.4) is 0 Å². The molecule has 1 saturated heterocycles. The van der Waals surface area contributed by atoms with Crippen molar-refractivity contribution in [1.82, 2.24) is 10.2 Å². The maximum absolute atomic E-state index is 11.7.